The van der Waals surface area contributed by atoms with Crippen molar-refractivity contribution in [1.82, 2.24) is 0 Å². The van der Waals surface area contributed by atoms with Crippen molar-refractivity contribution >= 4 is 11.9 Å². The first-order chi connectivity index (χ1) is 7.55. The molecule has 0 aromatic carbocycles. The van der Waals surface area contributed by atoms with Gasteiger partial charge >= 0.3 is 11.9 Å². The molecule has 6 heteroatoms. The average molecular weight is 247 g/mol. The quantitative estimate of drug-likeness (QED) is 0.470. The van der Waals surface area contributed by atoms with Gasteiger partial charge in [0.1, 0.15) is 5.60 Å². The van der Waals surface area contributed by atoms with E-state index in [0.717, 1.165) is 0 Å². The van der Waals surface area contributed by atoms with Gasteiger partial charge in [0.15, 0.2) is 5.41 Å². The van der Waals surface area contributed by atoms with Crippen molar-refractivity contribution in [2.45, 2.75) is 45.8 Å². The van der Waals surface area contributed by atoms with Crippen LogP contribution < -0.4 is 5.73 Å². The highest BCUT2D eigenvalue weighted by atomic mass is 16.6. The summed E-state index contributed by atoms with van der Waals surface area (Å²) >= 11 is 0. The van der Waals surface area contributed by atoms with E-state index in [1.165, 1.54) is 6.92 Å². The normalized spacial score (nSPS) is 17.1. The van der Waals surface area contributed by atoms with Crippen molar-refractivity contribution in [3.05, 3.63) is 0 Å². The van der Waals surface area contributed by atoms with Gasteiger partial charge in [-0.25, -0.2) is 0 Å². The maximum atomic E-state index is 11.9. The van der Waals surface area contributed by atoms with E-state index in [2.05, 4.69) is 0 Å². The fourth-order valence-electron chi connectivity index (χ4n) is 1.21. The van der Waals surface area contributed by atoms with Crippen molar-refractivity contribution < 1.29 is 24.5 Å². The molecular formula is C11H21NO5. The largest absolute Gasteiger partial charge is 0.480 e. The summed E-state index contributed by atoms with van der Waals surface area (Å²) in [7, 11) is 0. The zero-order valence-electron chi connectivity index (χ0n) is 10.7. The Morgan fingerprint density at radius 3 is 2.06 bits per heavy atom. The molecule has 0 saturated carbocycles. The molecule has 0 rings (SSSR count). The minimum absolute atomic E-state index is 0.0159. The number of aliphatic hydroxyl groups excluding tert-OH is 1. The Hall–Kier alpha value is -1.14. The number of carboxylic acid groups (broad SMARTS) is 1. The summed E-state index contributed by atoms with van der Waals surface area (Å²) in [5.74, 6) is -2.24. The lowest BCUT2D eigenvalue weighted by Crippen LogP contribution is -2.53. The van der Waals surface area contributed by atoms with Gasteiger partial charge in [-0.3, -0.25) is 9.59 Å². The predicted octanol–water partition coefficient (Wildman–Crippen LogP) is 0.129. The number of rotatable bonds is 5. The average Bonchev–Trinajstić information content (AvgIpc) is 2.13. The molecule has 100 valence electrons. The van der Waals surface area contributed by atoms with E-state index >= 15 is 0 Å². The maximum Gasteiger partial charge on any atom is 0.325 e. The van der Waals surface area contributed by atoms with Crippen molar-refractivity contribution in [2.75, 3.05) is 6.61 Å². The van der Waals surface area contributed by atoms with Crippen LogP contribution in [0, 0.1) is 5.41 Å². The fourth-order valence-corrected chi connectivity index (χ4v) is 1.21. The molecule has 4 N–H and O–H groups in total. The molecule has 17 heavy (non-hydrogen) atoms. The molecule has 0 aliphatic carbocycles. The van der Waals surface area contributed by atoms with E-state index in [9.17, 15) is 9.59 Å². The molecule has 0 bridgehead atoms. The summed E-state index contributed by atoms with van der Waals surface area (Å²) < 4.78 is 5.05. The van der Waals surface area contributed by atoms with Gasteiger partial charge in [-0.05, 0) is 34.1 Å². The van der Waals surface area contributed by atoms with E-state index in [-0.39, 0.29) is 13.0 Å². The topological polar surface area (TPSA) is 110 Å². The summed E-state index contributed by atoms with van der Waals surface area (Å²) in [5, 5.41) is 17.9. The Bertz CT molecular complexity index is 297. The predicted molar refractivity (Wildman–Crippen MR) is 61.3 cm³/mol. The molecule has 0 heterocycles. The number of hydrogen-bond donors (Lipinski definition) is 3. The molecule has 0 radical (unpaired) electrons. The lowest BCUT2D eigenvalue weighted by molar-refractivity contribution is -0.177. The van der Waals surface area contributed by atoms with Crippen LogP contribution in [-0.4, -0.2) is 40.4 Å². The number of ether oxygens (including phenoxy) is 1. The third-order valence-corrected chi connectivity index (χ3v) is 2.45. The Balaban J connectivity index is 5.08. The van der Waals surface area contributed by atoms with E-state index in [0.29, 0.717) is 0 Å². The molecule has 2 unspecified atom stereocenters. The van der Waals surface area contributed by atoms with Gasteiger partial charge in [0, 0.05) is 12.6 Å². The molecule has 0 amide bonds. The highest BCUT2D eigenvalue weighted by Gasteiger charge is 2.49. The number of carboxylic acids is 1. The number of esters is 1. The third-order valence-electron chi connectivity index (χ3n) is 2.45. The van der Waals surface area contributed by atoms with E-state index < -0.39 is 29.0 Å². The second-order valence-electron chi connectivity index (χ2n) is 5.13. The minimum Gasteiger partial charge on any atom is -0.480 e. The first kappa shape index (κ1) is 15.9. The van der Waals surface area contributed by atoms with E-state index in [1.54, 1.807) is 20.8 Å². The summed E-state index contributed by atoms with van der Waals surface area (Å²) in [6.07, 6.45) is 0.0159. The number of carbonyl (C=O) groups is 2. The summed E-state index contributed by atoms with van der Waals surface area (Å²) in [6, 6.07) is -1.00. The number of carbonyl (C=O) groups excluding carboxylic acids is 1. The summed E-state index contributed by atoms with van der Waals surface area (Å²) in [5.41, 5.74) is 3.01. The highest BCUT2D eigenvalue weighted by Crippen LogP contribution is 2.27. The van der Waals surface area contributed by atoms with Crippen molar-refractivity contribution in [1.29, 1.82) is 0 Å². The SMILES string of the molecule is CC(C)(C)OC(=O)C(C)(C(=O)O)C(N)CCO. The van der Waals surface area contributed by atoms with Crippen LogP contribution >= 0.6 is 0 Å². The van der Waals surface area contributed by atoms with E-state index in [1.807, 2.05) is 0 Å². The molecule has 0 saturated heterocycles. The molecule has 0 aromatic heterocycles. The molecular weight excluding hydrogens is 226 g/mol. The summed E-state index contributed by atoms with van der Waals surface area (Å²) in [6.45, 7) is 5.86. The van der Waals surface area contributed by atoms with Crippen molar-refractivity contribution in [3.8, 4) is 0 Å². The van der Waals surface area contributed by atoms with Gasteiger partial charge in [-0.1, -0.05) is 0 Å². The number of nitrogens with two attached hydrogens (primary N) is 1. The van der Waals surface area contributed by atoms with Gasteiger partial charge < -0.3 is 20.7 Å². The lowest BCUT2D eigenvalue weighted by Gasteiger charge is -2.32. The Morgan fingerprint density at radius 1 is 1.29 bits per heavy atom. The Morgan fingerprint density at radius 2 is 1.76 bits per heavy atom. The fraction of sp³-hybridized carbons (Fsp3) is 0.818. The molecule has 2 atom stereocenters. The number of aliphatic carboxylic acids is 1. The second-order valence-corrected chi connectivity index (χ2v) is 5.13. The zero-order chi connectivity index (χ0) is 13.9. The van der Waals surface area contributed by atoms with Crippen LogP contribution in [-0.2, 0) is 14.3 Å². The van der Waals surface area contributed by atoms with Gasteiger partial charge in [0.2, 0.25) is 0 Å². The smallest absolute Gasteiger partial charge is 0.325 e. The van der Waals surface area contributed by atoms with Crippen molar-refractivity contribution in [3.63, 3.8) is 0 Å². The van der Waals surface area contributed by atoms with Crippen LogP contribution in [0.25, 0.3) is 0 Å². The zero-order valence-corrected chi connectivity index (χ0v) is 10.7. The van der Waals surface area contributed by atoms with Crippen LogP contribution in [0.5, 0.6) is 0 Å². The monoisotopic (exact) mass is 247 g/mol. The van der Waals surface area contributed by atoms with Gasteiger partial charge in [0.25, 0.3) is 0 Å². The molecule has 0 aromatic rings. The molecule has 0 spiro atoms. The Kier molecular flexibility index (Phi) is 5.10. The molecule has 0 aliphatic rings. The maximum absolute atomic E-state index is 11.9. The van der Waals surface area contributed by atoms with E-state index in [4.69, 9.17) is 20.7 Å². The van der Waals surface area contributed by atoms with Crippen LogP contribution in [0.1, 0.15) is 34.1 Å². The standard InChI is InChI=1S/C11H21NO5/c1-10(2,3)17-9(16)11(4,8(14)15)7(12)5-6-13/h7,13H,5-6,12H2,1-4H3,(H,14,15). The van der Waals surface area contributed by atoms with Gasteiger partial charge in [-0.2, -0.15) is 0 Å². The summed E-state index contributed by atoms with van der Waals surface area (Å²) in [4.78, 5) is 23.1. The number of aliphatic hydroxyl groups is 1. The molecule has 6 nitrogen and oxygen atoms in total. The van der Waals surface area contributed by atoms with Crippen LogP contribution in [0.4, 0.5) is 0 Å². The second kappa shape index (κ2) is 5.46. The first-order valence-corrected chi connectivity index (χ1v) is 5.39. The Labute approximate surface area is 101 Å². The first-order valence-electron chi connectivity index (χ1n) is 5.39. The van der Waals surface area contributed by atoms with Crippen LogP contribution in [0.15, 0.2) is 0 Å². The third kappa shape index (κ3) is 3.98. The minimum atomic E-state index is -1.85. The van der Waals surface area contributed by atoms with Crippen LogP contribution in [0.3, 0.4) is 0 Å². The van der Waals surface area contributed by atoms with Crippen LogP contribution in [0.2, 0.25) is 0 Å². The van der Waals surface area contributed by atoms with Gasteiger partial charge in [-0.15, -0.1) is 0 Å². The molecule has 0 fully saturated rings. The van der Waals surface area contributed by atoms with Gasteiger partial charge in [0.05, 0.1) is 0 Å². The highest BCUT2D eigenvalue weighted by molar-refractivity contribution is 5.99. The number of hydrogen-bond acceptors (Lipinski definition) is 5. The molecule has 0 aliphatic heterocycles. The lowest BCUT2D eigenvalue weighted by atomic mass is 9.81. The van der Waals surface area contributed by atoms with Crippen molar-refractivity contribution in [2.24, 2.45) is 11.1 Å².